The van der Waals surface area contributed by atoms with E-state index in [1.165, 1.54) is 5.56 Å². The molecule has 5 nitrogen and oxygen atoms in total. The normalized spacial score (nSPS) is 17.2. The van der Waals surface area contributed by atoms with E-state index in [1.807, 2.05) is 19.9 Å². The minimum absolute atomic E-state index is 0.116. The first-order valence-electron chi connectivity index (χ1n) is 11.0. The number of ketones is 1. The van der Waals surface area contributed by atoms with Crippen molar-refractivity contribution in [2.45, 2.75) is 45.6 Å². The predicted molar refractivity (Wildman–Crippen MR) is 127 cm³/mol. The number of piperidine rings is 1. The maximum absolute atomic E-state index is 12.9. The van der Waals surface area contributed by atoms with E-state index < -0.39 is 5.60 Å². The maximum atomic E-state index is 12.9. The number of benzene rings is 2. The molecule has 1 fully saturated rings. The number of anilines is 1. The molecule has 0 atom stereocenters. The van der Waals surface area contributed by atoms with Crippen molar-refractivity contribution in [2.75, 3.05) is 18.0 Å². The molecule has 0 bridgehead atoms. The lowest BCUT2D eigenvalue weighted by Crippen LogP contribution is -2.51. The molecular formula is C26H26ClN3O2. The largest absolute Gasteiger partial charge is 0.486 e. The number of aryl methyl sites for hydroxylation is 3. The molecule has 0 saturated carbocycles. The molecule has 32 heavy (non-hydrogen) atoms. The van der Waals surface area contributed by atoms with E-state index in [2.05, 4.69) is 47.1 Å². The Morgan fingerprint density at radius 1 is 1.00 bits per heavy atom. The summed E-state index contributed by atoms with van der Waals surface area (Å²) in [5, 5.41) is 0.576. The van der Waals surface area contributed by atoms with Crippen LogP contribution in [-0.4, -0.2) is 34.4 Å². The fourth-order valence-electron chi connectivity index (χ4n) is 4.72. The zero-order chi connectivity index (χ0) is 22.5. The van der Waals surface area contributed by atoms with Gasteiger partial charge in [0.15, 0.2) is 5.78 Å². The highest BCUT2D eigenvalue weighted by molar-refractivity contribution is 6.31. The number of carbonyl (C=O) groups excluding carboxylic acids is 1. The molecule has 1 spiro atoms. The van der Waals surface area contributed by atoms with Gasteiger partial charge >= 0.3 is 0 Å². The molecule has 0 aliphatic carbocycles. The molecule has 6 heteroatoms. The summed E-state index contributed by atoms with van der Waals surface area (Å²) < 4.78 is 6.49. The minimum Gasteiger partial charge on any atom is -0.486 e. The molecule has 0 unspecified atom stereocenters. The van der Waals surface area contributed by atoms with Gasteiger partial charge in [-0.2, -0.15) is 0 Å². The van der Waals surface area contributed by atoms with Crippen molar-refractivity contribution in [3.63, 3.8) is 0 Å². The second kappa shape index (κ2) is 7.89. The first kappa shape index (κ1) is 21.0. The summed E-state index contributed by atoms with van der Waals surface area (Å²) in [6, 6.07) is 14.0. The average molecular weight is 448 g/mol. The van der Waals surface area contributed by atoms with E-state index in [0.717, 1.165) is 54.4 Å². The number of rotatable bonds is 2. The Hall–Kier alpha value is -2.92. The molecule has 0 amide bonds. The number of carbonyl (C=O) groups is 1. The topological polar surface area (TPSA) is 55.3 Å². The van der Waals surface area contributed by atoms with Crippen molar-refractivity contribution >= 4 is 23.2 Å². The lowest BCUT2D eigenvalue weighted by Gasteiger charge is -2.44. The highest BCUT2D eigenvalue weighted by Crippen LogP contribution is 2.42. The third kappa shape index (κ3) is 3.86. The van der Waals surface area contributed by atoms with E-state index in [9.17, 15) is 4.79 Å². The quantitative estimate of drug-likeness (QED) is 0.502. The number of nitrogens with zero attached hydrogens (tertiary/aromatic N) is 3. The third-order valence-electron chi connectivity index (χ3n) is 6.51. The number of aromatic nitrogens is 2. The van der Waals surface area contributed by atoms with Gasteiger partial charge in [0.1, 0.15) is 23.0 Å². The molecule has 3 aromatic rings. The van der Waals surface area contributed by atoms with E-state index in [0.29, 0.717) is 22.8 Å². The number of ether oxygens (including phenoxy) is 1. The Balaban J connectivity index is 1.37. The van der Waals surface area contributed by atoms with Gasteiger partial charge < -0.3 is 9.64 Å². The molecule has 1 saturated heterocycles. The summed E-state index contributed by atoms with van der Waals surface area (Å²) in [5.74, 6) is 2.49. The van der Waals surface area contributed by atoms with Crippen LogP contribution in [0.3, 0.4) is 0 Å². The third-order valence-corrected chi connectivity index (χ3v) is 6.73. The standard InChI is InChI=1S/C26H26ClN3O2/c1-16-4-6-19(7-5-16)22-14-24(29-18(3)28-22)30-10-8-26(9-11-30)15-23(31)21-13-20(27)12-17(2)25(21)32-26/h4-7,12-14H,8-11,15H2,1-3H3. The highest BCUT2D eigenvalue weighted by atomic mass is 35.5. The number of hydrogen-bond donors (Lipinski definition) is 0. The molecule has 2 aromatic carbocycles. The first-order chi connectivity index (χ1) is 15.3. The summed E-state index contributed by atoms with van der Waals surface area (Å²) in [6.07, 6.45) is 1.93. The maximum Gasteiger partial charge on any atom is 0.170 e. The Kier molecular flexibility index (Phi) is 5.17. The lowest BCUT2D eigenvalue weighted by atomic mass is 9.82. The van der Waals surface area contributed by atoms with Crippen molar-refractivity contribution in [1.82, 2.24) is 9.97 Å². The van der Waals surface area contributed by atoms with E-state index in [-0.39, 0.29) is 5.78 Å². The number of hydrogen-bond acceptors (Lipinski definition) is 5. The van der Waals surface area contributed by atoms with Crippen LogP contribution in [0.2, 0.25) is 5.02 Å². The molecule has 1 aromatic heterocycles. The van der Waals surface area contributed by atoms with Gasteiger partial charge in [0.05, 0.1) is 17.7 Å². The van der Waals surface area contributed by atoms with E-state index >= 15 is 0 Å². The lowest BCUT2D eigenvalue weighted by molar-refractivity contribution is 0.0225. The van der Waals surface area contributed by atoms with Crippen LogP contribution in [0, 0.1) is 20.8 Å². The van der Waals surface area contributed by atoms with Crippen LogP contribution in [0.1, 0.15) is 46.6 Å². The predicted octanol–water partition coefficient (Wildman–Crippen LogP) is 5.73. The van der Waals surface area contributed by atoms with Crippen molar-refractivity contribution in [1.29, 1.82) is 0 Å². The van der Waals surface area contributed by atoms with Gasteiger partial charge in [-0.3, -0.25) is 4.79 Å². The van der Waals surface area contributed by atoms with Crippen LogP contribution in [0.5, 0.6) is 5.75 Å². The fraction of sp³-hybridized carbons (Fsp3) is 0.346. The zero-order valence-electron chi connectivity index (χ0n) is 18.6. The van der Waals surface area contributed by atoms with Crippen molar-refractivity contribution in [2.24, 2.45) is 0 Å². The van der Waals surface area contributed by atoms with Crippen LogP contribution in [-0.2, 0) is 0 Å². The van der Waals surface area contributed by atoms with Gasteiger partial charge in [-0.25, -0.2) is 9.97 Å². The number of Topliss-reactive ketones (excluding diaryl/α,β-unsaturated/α-hetero) is 1. The molecule has 2 aliphatic rings. The molecule has 0 radical (unpaired) electrons. The molecule has 5 rings (SSSR count). The molecule has 3 heterocycles. The van der Waals surface area contributed by atoms with Crippen LogP contribution in [0.25, 0.3) is 11.3 Å². The van der Waals surface area contributed by atoms with Gasteiger partial charge in [0.25, 0.3) is 0 Å². The van der Waals surface area contributed by atoms with E-state index in [1.54, 1.807) is 6.07 Å². The van der Waals surface area contributed by atoms with Gasteiger partial charge in [-0.1, -0.05) is 41.4 Å². The van der Waals surface area contributed by atoms with Crippen molar-refractivity contribution < 1.29 is 9.53 Å². The van der Waals surface area contributed by atoms with Crippen molar-refractivity contribution in [3.8, 4) is 17.0 Å². The molecular weight excluding hydrogens is 422 g/mol. The second-order valence-corrected chi connectivity index (χ2v) is 9.43. The fourth-order valence-corrected chi connectivity index (χ4v) is 4.99. The summed E-state index contributed by atoms with van der Waals surface area (Å²) in [5.41, 5.74) is 4.30. The minimum atomic E-state index is -0.457. The van der Waals surface area contributed by atoms with E-state index in [4.69, 9.17) is 21.3 Å². The Morgan fingerprint density at radius 3 is 2.44 bits per heavy atom. The van der Waals surface area contributed by atoms with Gasteiger partial charge in [0, 0.05) is 42.6 Å². The van der Waals surface area contributed by atoms with Crippen LogP contribution in [0.15, 0.2) is 42.5 Å². The SMILES string of the molecule is Cc1ccc(-c2cc(N3CCC4(CC3)CC(=O)c3cc(Cl)cc(C)c3O4)nc(C)n2)cc1. The van der Waals surface area contributed by atoms with Crippen molar-refractivity contribution in [3.05, 3.63) is 70.0 Å². The molecule has 2 aliphatic heterocycles. The monoisotopic (exact) mass is 447 g/mol. The number of fused-ring (bicyclic) bond motifs is 1. The highest BCUT2D eigenvalue weighted by Gasteiger charge is 2.43. The molecule has 0 N–H and O–H groups in total. The Bertz CT molecular complexity index is 1200. The smallest absolute Gasteiger partial charge is 0.170 e. The summed E-state index contributed by atoms with van der Waals surface area (Å²) in [6.45, 7) is 7.51. The summed E-state index contributed by atoms with van der Waals surface area (Å²) >= 11 is 6.16. The summed E-state index contributed by atoms with van der Waals surface area (Å²) in [4.78, 5) is 24.5. The Morgan fingerprint density at radius 2 is 1.72 bits per heavy atom. The van der Waals surface area contributed by atoms with Gasteiger partial charge in [-0.05, 0) is 38.5 Å². The summed E-state index contributed by atoms with van der Waals surface area (Å²) in [7, 11) is 0. The molecule has 164 valence electrons. The zero-order valence-corrected chi connectivity index (χ0v) is 19.4. The van der Waals surface area contributed by atoms with Crippen LogP contribution >= 0.6 is 11.6 Å². The Labute approximate surface area is 193 Å². The first-order valence-corrected chi connectivity index (χ1v) is 11.4. The van der Waals surface area contributed by atoms with Gasteiger partial charge in [-0.15, -0.1) is 0 Å². The van der Waals surface area contributed by atoms with Gasteiger partial charge in [0.2, 0.25) is 0 Å². The van der Waals surface area contributed by atoms with Crippen LogP contribution < -0.4 is 9.64 Å². The average Bonchev–Trinajstić information content (AvgIpc) is 2.75. The number of halogens is 1. The second-order valence-electron chi connectivity index (χ2n) is 9.00. The van der Waals surface area contributed by atoms with Crippen LogP contribution in [0.4, 0.5) is 5.82 Å².